The van der Waals surface area contributed by atoms with Crippen molar-refractivity contribution in [3.05, 3.63) is 41.7 Å². The van der Waals surface area contributed by atoms with Crippen LogP contribution in [0.15, 0.2) is 24.5 Å². The molecule has 0 aliphatic carbocycles. The Morgan fingerprint density at radius 3 is 2.86 bits per heavy atom. The molecule has 0 amide bonds. The minimum atomic E-state index is -0.589. The van der Waals surface area contributed by atoms with Crippen molar-refractivity contribution < 1.29 is 13.9 Å². The summed E-state index contributed by atoms with van der Waals surface area (Å²) in [7, 11) is 1.41. The Bertz CT molecular complexity index is 638. The smallest absolute Gasteiger partial charge is 0.177 e. The molecule has 6 heteroatoms. The summed E-state index contributed by atoms with van der Waals surface area (Å²) in [6, 6.07) is 4.32. The number of hydrogen-bond acceptors (Lipinski definition) is 4. The molecule has 1 aromatic carbocycles. The van der Waals surface area contributed by atoms with Gasteiger partial charge in [-0.3, -0.25) is 4.79 Å². The second kappa shape index (κ2) is 6.47. The minimum absolute atomic E-state index is 0.00991. The number of nitrogens with zero attached hydrogens (tertiary/aromatic N) is 3. The van der Waals surface area contributed by atoms with Gasteiger partial charge in [0, 0.05) is 6.54 Å². The van der Waals surface area contributed by atoms with Crippen LogP contribution in [-0.4, -0.2) is 27.7 Å². The maximum absolute atomic E-state index is 13.9. The Kier molecular flexibility index (Phi) is 4.67. The quantitative estimate of drug-likeness (QED) is 0.767. The predicted molar refractivity (Wildman–Crippen MR) is 75.8 cm³/mol. The van der Waals surface area contributed by atoms with Crippen molar-refractivity contribution in [2.45, 2.75) is 26.8 Å². The van der Waals surface area contributed by atoms with Gasteiger partial charge in [-0.05, 0) is 18.1 Å². The first-order valence-electron chi connectivity index (χ1n) is 6.75. The van der Waals surface area contributed by atoms with Crippen molar-refractivity contribution in [3.8, 4) is 5.75 Å². The van der Waals surface area contributed by atoms with E-state index in [1.165, 1.54) is 25.6 Å². The highest BCUT2D eigenvalue weighted by atomic mass is 19.1. The van der Waals surface area contributed by atoms with Gasteiger partial charge in [0.1, 0.15) is 23.7 Å². The van der Waals surface area contributed by atoms with E-state index in [-0.39, 0.29) is 23.5 Å². The Labute approximate surface area is 122 Å². The summed E-state index contributed by atoms with van der Waals surface area (Å²) in [4.78, 5) is 16.4. The monoisotopic (exact) mass is 291 g/mol. The molecule has 0 atom stereocenters. The molecule has 0 saturated heterocycles. The van der Waals surface area contributed by atoms with Crippen LogP contribution < -0.4 is 4.74 Å². The molecule has 0 fully saturated rings. The van der Waals surface area contributed by atoms with E-state index in [2.05, 4.69) is 10.1 Å². The first-order chi connectivity index (χ1) is 10.0. The SMILES string of the molecule is COc1cccc(F)c1C(=O)Cc1ncnn1CC(C)C. The normalized spacial score (nSPS) is 10.9. The van der Waals surface area contributed by atoms with Gasteiger partial charge < -0.3 is 4.74 Å². The van der Waals surface area contributed by atoms with Gasteiger partial charge in [0.15, 0.2) is 5.78 Å². The summed E-state index contributed by atoms with van der Waals surface area (Å²) in [6.45, 7) is 4.76. The van der Waals surface area contributed by atoms with Crippen molar-refractivity contribution in [2.24, 2.45) is 5.92 Å². The zero-order valence-electron chi connectivity index (χ0n) is 12.3. The molecule has 0 unspecified atom stereocenters. The molecule has 0 aliphatic heterocycles. The largest absolute Gasteiger partial charge is 0.496 e. The summed E-state index contributed by atoms with van der Waals surface area (Å²) in [5.41, 5.74) is -0.0425. The van der Waals surface area contributed by atoms with E-state index < -0.39 is 5.82 Å². The summed E-state index contributed by atoms with van der Waals surface area (Å²) in [6.07, 6.45) is 1.40. The lowest BCUT2D eigenvalue weighted by atomic mass is 10.1. The standard InChI is InChI=1S/C15H18FN3O2/c1-10(2)8-19-14(17-9-18-19)7-12(20)15-11(16)5-4-6-13(15)21-3/h4-6,9-10H,7-8H2,1-3H3. The topological polar surface area (TPSA) is 57.0 Å². The van der Waals surface area contributed by atoms with Gasteiger partial charge in [-0.1, -0.05) is 19.9 Å². The van der Waals surface area contributed by atoms with Gasteiger partial charge in [0.25, 0.3) is 0 Å². The second-order valence-electron chi connectivity index (χ2n) is 5.17. The minimum Gasteiger partial charge on any atom is -0.496 e. The molecule has 2 aromatic rings. The first kappa shape index (κ1) is 15.2. The number of carbonyl (C=O) groups excluding carboxylic acids is 1. The van der Waals surface area contributed by atoms with E-state index in [1.54, 1.807) is 10.7 Å². The molecule has 5 nitrogen and oxygen atoms in total. The van der Waals surface area contributed by atoms with Crippen molar-refractivity contribution in [1.29, 1.82) is 0 Å². The van der Waals surface area contributed by atoms with E-state index in [0.29, 0.717) is 18.3 Å². The maximum atomic E-state index is 13.9. The van der Waals surface area contributed by atoms with Crippen molar-refractivity contribution >= 4 is 5.78 Å². The van der Waals surface area contributed by atoms with Crippen LogP contribution in [0.3, 0.4) is 0 Å². The number of ketones is 1. The summed E-state index contributed by atoms with van der Waals surface area (Å²) in [5.74, 6) is 0.176. The Morgan fingerprint density at radius 1 is 1.43 bits per heavy atom. The van der Waals surface area contributed by atoms with Crippen LogP contribution in [0, 0.1) is 11.7 Å². The van der Waals surface area contributed by atoms with Crippen LogP contribution in [0.2, 0.25) is 0 Å². The lowest BCUT2D eigenvalue weighted by Gasteiger charge is -2.10. The van der Waals surface area contributed by atoms with E-state index in [1.807, 2.05) is 13.8 Å². The van der Waals surface area contributed by atoms with Gasteiger partial charge in [-0.15, -0.1) is 0 Å². The fourth-order valence-electron chi connectivity index (χ4n) is 2.10. The number of ether oxygens (including phenoxy) is 1. The lowest BCUT2D eigenvalue weighted by Crippen LogP contribution is -2.15. The number of aromatic nitrogens is 3. The van der Waals surface area contributed by atoms with Gasteiger partial charge in [-0.2, -0.15) is 5.10 Å². The maximum Gasteiger partial charge on any atom is 0.177 e. The molecule has 0 bridgehead atoms. The van der Waals surface area contributed by atoms with Crippen LogP contribution in [0.4, 0.5) is 4.39 Å². The lowest BCUT2D eigenvalue weighted by molar-refractivity contribution is 0.0982. The Morgan fingerprint density at radius 2 is 2.19 bits per heavy atom. The third kappa shape index (κ3) is 3.45. The number of carbonyl (C=O) groups is 1. The number of rotatable bonds is 6. The predicted octanol–water partition coefficient (Wildman–Crippen LogP) is 2.51. The fourth-order valence-corrected chi connectivity index (χ4v) is 2.10. The number of hydrogen-bond donors (Lipinski definition) is 0. The van der Waals surface area contributed by atoms with Gasteiger partial charge >= 0.3 is 0 Å². The zero-order chi connectivity index (χ0) is 15.4. The number of methoxy groups -OCH3 is 1. The first-order valence-corrected chi connectivity index (χ1v) is 6.75. The molecule has 112 valence electrons. The van der Waals surface area contributed by atoms with Crippen LogP contribution in [0.5, 0.6) is 5.75 Å². The highest BCUT2D eigenvalue weighted by Crippen LogP contribution is 2.22. The highest BCUT2D eigenvalue weighted by molar-refractivity contribution is 5.99. The molecule has 1 heterocycles. The zero-order valence-corrected chi connectivity index (χ0v) is 12.3. The van der Waals surface area contributed by atoms with Gasteiger partial charge in [0.05, 0.1) is 19.1 Å². The molecule has 1 aromatic heterocycles. The number of benzene rings is 1. The van der Waals surface area contributed by atoms with Gasteiger partial charge in [-0.25, -0.2) is 14.1 Å². The molecule has 0 saturated carbocycles. The molecular weight excluding hydrogens is 273 g/mol. The highest BCUT2D eigenvalue weighted by Gasteiger charge is 2.20. The van der Waals surface area contributed by atoms with E-state index in [4.69, 9.17) is 4.74 Å². The third-order valence-electron chi connectivity index (χ3n) is 3.03. The van der Waals surface area contributed by atoms with Crippen molar-refractivity contribution in [1.82, 2.24) is 14.8 Å². The Hall–Kier alpha value is -2.24. The molecule has 0 N–H and O–H groups in total. The van der Waals surface area contributed by atoms with Crippen molar-refractivity contribution in [3.63, 3.8) is 0 Å². The number of Topliss-reactive ketones (excluding diaryl/α,β-unsaturated/α-hetero) is 1. The average molecular weight is 291 g/mol. The van der Waals surface area contributed by atoms with E-state index in [0.717, 1.165) is 0 Å². The average Bonchev–Trinajstić information content (AvgIpc) is 2.84. The van der Waals surface area contributed by atoms with Gasteiger partial charge in [0.2, 0.25) is 0 Å². The fraction of sp³-hybridized carbons (Fsp3) is 0.400. The van der Waals surface area contributed by atoms with Crippen LogP contribution in [0.25, 0.3) is 0 Å². The third-order valence-corrected chi connectivity index (χ3v) is 3.03. The molecule has 2 rings (SSSR count). The molecule has 0 aliphatic rings. The summed E-state index contributed by atoms with van der Waals surface area (Å²) in [5, 5.41) is 4.10. The molecule has 0 spiro atoms. The number of halogens is 1. The van der Waals surface area contributed by atoms with Crippen molar-refractivity contribution in [2.75, 3.05) is 7.11 Å². The van der Waals surface area contributed by atoms with E-state index >= 15 is 0 Å². The van der Waals surface area contributed by atoms with Crippen LogP contribution in [0.1, 0.15) is 30.0 Å². The second-order valence-corrected chi connectivity index (χ2v) is 5.17. The summed E-state index contributed by atoms with van der Waals surface area (Å²) < 4.78 is 20.6. The molecule has 0 radical (unpaired) electrons. The Balaban J connectivity index is 2.25. The van der Waals surface area contributed by atoms with E-state index in [9.17, 15) is 9.18 Å². The summed E-state index contributed by atoms with van der Waals surface area (Å²) >= 11 is 0. The van der Waals surface area contributed by atoms with Crippen LogP contribution >= 0.6 is 0 Å². The molecule has 21 heavy (non-hydrogen) atoms. The van der Waals surface area contributed by atoms with Crippen LogP contribution in [-0.2, 0) is 13.0 Å². The molecular formula is C15H18FN3O2.